The molecule has 0 aliphatic carbocycles. The van der Waals surface area contributed by atoms with E-state index in [2.05, 4.69) is 15.9 Å². The molecule has 1 unspecified atom stereocenters. The number of benzene rings is 1. The summed E-state index contributed by atoms with van der Waals surface area (Å²) in [6.07, 6.45) is 0.861. The second kappa shape index (κ2) is 5.91. The van der Waals surface area contributed by atoms with Crippen molar-refractivity contribution in [2.45, 2.75) is 18.2 Å². The predicted octanol–water partition coefficient (Wildman–Crippen LogP) is 2.41. The fourth-order valence-electron chi connectivity index (χ4n) is 2.38. The molecule has 1 aliphatic rings. The zero-order valence-corrected chi connectivity index (χ0v) is 13.5. The Balaban J connectivity index is 2.26. The van der Waals surface area contributed by atoms with E-state index in [0.29, 0.717) is 30.5 Å². The molecule has 1 fully saturated rings. The minimum absolute atomic E-state index is 0.298. The highest BCUT2D eigenvalue weighted by atomic mass is 79.9. The largest absolute Gasteiger partial charge is 0.384 e. The molecule has 1 heterocycles. The number of nitrogens with zero attached hydrogens (tertiary/aromatic N) is 1. The monoisotopic (exact) mass is 347 g/mol. The Bertz CT molecular complexity index is 559. The zero-order chi connectivity index (χ0) is 14.0. The minimum atomic E-state index is -3.40. The topological polar surface area (TPSA) is 46.6 Å². The molecule has 1 aromatic rings. The van der Waals surface area contributed by atoms with Gasteiger partial charge in [0.05, 0.1) is 11.5 Å². The van der Waals surface area contributed by atoms with Gasteiger partial charge in [-0.2, -0.15) is 4.31 Å². The van der Waals surface area contributed by atoms with Crippen LogP contribution in [0.5, 0.6) is 0 Å². The summed E-state index contributed by atoms with van der Waals surface area (Å²) in [4.78, 5) is 0.389. The van der Waals surface area contributed by atoms with E-state index in [1.165, 1.54) is 0 Å². The van der Waals surface area contributed by atoms with Crippen LogP contribution < -0.4 is 0 Å². The van der Waals surface area contributed by atoms with E-state index in [-0.39, 0.29) is 0 Å². The van der Waals surface area contributed by atoms with Gasteiger partial charge in [0, 0.05) is 24.7 Å². The van der Waals surface area contributed by atoms with Crippen molar-refractivity contribution in [2.24, 2.45) is 5.92 Å². The van der Waals surface area contributed by atoms with Gasteiger partial charge in [-0.15, -0.1) is 0 Å². The molecule has 1 atom stereocenters. The molecule has 0 spiro atoms. The van der Waals surface area contributed by atoms with Crippen LogP contribution in [0.3, 0.4) is 0 Å². The lowest BCUT2D eigenvalue weighted by Crippen LogP contribution is -2.30. The number of methoxy groups -OCH3 is 1. The molecule has 0 bridgehead atoms. The lowest BCUT2D eigenvalue weighted by atomic mass is 10.1. The molecule has 0 amide bonds. The summed E-state index contributed by atoms with van der Waals surface area (Å²) in [5, 5.41) is 0. The normalized spacial score (nSPS) is 20.9. The summed E-state index contributed by atoms with van der Waals surface area (Å²) >= 11 is 3.33. The van der Waals surface area contributed by atoms with Crippen LogP contribution in [-0.2, 0) is 14.8 Å². The number of ether oxygens (including phenoxy) is 1. The number of halogens is 1. The van der Waals surface area contributed by atoms with Crippen molar-refractivity contribution in [3.8, 4) is 0 Å². The maximum atomic E-state index is 12.6. The number of sulfonamides is 1. The van der Waals surface area contributed by atoms with Gasteiger partial charge < -0.3 is 4.74 Å². The van der Waals surface area contributed by atoms with Crippen molar-refractivity contribution >= 4 is 26.0 Å². The summed E-state index contributed by atoms with van der Waals surface area (Å²) in [7, 11) is -1.75. The van der Waals surface area contributed by atoms with Crippen LogP contribution >= 0.6 is 15.9 Å². The minimum Gasteiger partial charge on any atom is -0.384 e. The third-order valence-corrected chi connectivity index (χ3v) is 5.92. The van der Waals surface area contributed by atoms with Gasteiger partial charge in [0.2, 0.25) is 10.0 Å². The van der Waals surface area contributed by atoms with E-state index < -0.39 is 10.0 Å². The van der Waals surface area contributed by atoms with Crippen LogP contribution in [0.4, 0.5) is 0 Å². The smallest absolute Gasteiger partial charge is 0.243 e. The van der Waals surface area contributed by atoms with Gasteiger partial charge in [-0.05, 0) is 37.0 Å². The summed E-state index contributed by atoms with van der Waals surface area (Å²) < 4.78 is 32.7. The Morgan fingerprint density at radius 3 is 2.89 bits per heavy atom. The van der Waals surface area contributed by atoms with Gasteiger partial charge in [0.25, 0.3) is 0 Å². The lowest BCUT2D eigenvalue weighted by molar-refractivity contribution is 0.157. The Labute approximate surface area is 122 Å². The van der Waals surface area contributed by atoms with Gasteiger partial charge in [-0.1, -0.05) is 22.0 Å². The second-order valence-electron chi connectivity index (χ2n) is 4.88. The Morgan fingerprint density at radius 1 is 1.47 bits per heavy atom. The molecule has 0 saturated carbocycles. The zero-order valence-electron chi connectivity index (χ0n) is 11.1. The molecule has 0 radical (unpaired) electrons. The van der Waals surface area contributed by atoms with Crippen LogP contribution in [0.2, 0.25) is 0 Å². The van der Waals surface area contributed by atoms with Gasteiger partial charge in [0.15, 0.2) is 0 Å². The first kappa shape index (κ1) is 15.0. The summed E-state index contributed by atoms with van der Waals surface area (Å²) in [6, 6.07) is 5.35. The Hall–Kier alpha value is -0.430. The van der Waals surface area contributed by atoms with E-state index in [1.54, 1.807) is 17.5 Å². The average Bonchev–Trinajstić information content (AvgIpc) is 2.82. The molecule has 1 saturated heterocycles. The van der Waals surface area contributed by atoms with E-state index in [1.807, 2.05) is 19.1 Å². The molecule has 6 heteroatoms. The highest BCUT2D eigenvalue weighted by Crippen LogP contribution is 2.28. The molecular weight excluding hydrogens is 330 g/mol. The van der Waals surface area contributed by atoms with Crippen LogP contribution in [0.25, 0.3) is 0 Å². The number of aryl methyl sites for hydroxylation is 1. The third kappa shape index (κ3) is 3.18. The van der Waals surface area contributed by atoms with Crippen LogP contribution in [0, 0.1) is 12.8 Å². The summed E-state index contributed by atoms with van der Waals surface area (Å²) in [5.41, 5.74) is 0.776. The third-order valence-electron chi connectivity index (χ3n) is 3.42. The molecule has 4 nitrogen and oxygen atoms in total. The first-order valence-corrected chi connectivity index (χ1v) is 8.43. The van der Waals surface area contributed by atoms with Gasteiger partial charge in [-0.25, -0.2) is 8.42 Å². The highest BCUT2D eigenvalue weighted by Gasteiger charge is 2.33. The van der Waals surface area contributed by atoms with Crippen LogP contribution in [-0.4, -0.2) is 39.5 Å². The van der Waals surface area contributed by atoms with Gasteiger partial charge in [0.1, 0.15) is 0 Å². The highest BCUT2D eigenvalue weighted by molar-refractivity contribution is 9.10. The molecular formula is C13H18BrNO3S. The van der Waals surface area contributed by atoms with E-state index in [4.69, 9.17) is 4.74 Å². The predicted molar refractivity (Wildman–Crippen MR) is 77.6 cm³/mol. The first-order chi connectivity index (χ1) is 8.95. The quantitative estimate of drug-likeness (QED) is 0.840. The average molecular weight is 348 g/mol. The van der Waals surface area contributed by atoms with Crippen molar-refractivity contribution in [1.82, 2.24) is 4.31 Å². The van der Waals surface area contributed by atoms with Crippen LogP contribution in [0.15, 0.2) is 27.6 Å². The SMILES string of the molecule is COCC1CCN(S(=O)(=O)c2cc(Br)ccc2C)C1. The van der Waals surface area contributed by atoms with Crippen molar-refractivity contribution < 1.29 is 13.2 Å². The fraction of sp³-hybridized carbons (Fsp3) is 0.538. The number of rotatable bonds is 4. The van der Waals surface area contributed by atoms with E-state index >= 15 is 0 Å². The molecule has 0 N–H and O–H groups in total. The maximum absolute atomic E-state index is 12.6. The Kier molecular flexibility index (Phi) is 4.66. The maximum Gasteiger partial charge on any atom is 0.243 e. The Morgan fingerprint density at radius 2 is 2.21 bits per heavy atom. The molecule has 1 aromatic carbocycles. The molecule has 106 valence electrons. The number of hydrogen-bond acceptors (Lipinski definition) is 3. The van der Waals surface area contributed by atoms with E-state index in [9.17, 15) is 8.42 Å². The van der Waals surface area contributed by atoms with Crippen LogP contribution in [0.1, 0.15) is 12.0 Å². The van der Waals surface area contributed by atoms with Gasteiger partial charge in [-0.3, -0.25) is 0 Å². The summed E-state index contributed by atoms with van der Waals surface area (Å²) in [6.45, 7) is 3.55. The van der Waals surface area contributed by atoms with Crippen molar-refractivity contribution in [3.63, 3.8) is 0 Å². The van der Waals surface area contributed by atoms with Gasteiger partial charge >= 0.3 is 0 Å². The summed E-state index contributed by atoms with van der Waals surface area (Å²) in [5.74, 6) is 0.298. The lowest BCUT2D eigenvalue weighted by Gasteiger charge is -2.18. The molecule has 2 rings (SSSR count). The standard InChI is InChI=1S/C13H18BrNO3S/c1-10-3-4-12(14)7-13(10)19(16,17)15-6-5-11(8-15)9-18-2/h3-4,7,11H,5-6,8-9H2,1-2H3. The second-order valence-corrected chi connectivity index (χ2v) is 7.70. The van der Waals surface area contributed by atoms with Crippen molar-refractivity contribution in [2.75, 3.05) is 26.8 Å². The first-order valence-electron chi connectivity index (χ1n) is 6.20. The van der Waals surface area contributed by atoms with Crippen molar-refractivity contribution in [1.29, 1.82) is 0 Å². The molecule has 19 heavy (non-hydrogen) atoms. The number of hydrogen-bond donors (Lipinski definition) is 0. The van der Waals surface area contributed by atoms with Crippen molar-refractivity contribution in [3.05, 3.63) is 28.2 Å². The van der Waals surface area contributed by atoms with E-state index in [0.717, 1.165) is 16.5 Å². The molecule has 0 aromatic heterocycles. The fourth-order valence-corrected chi connectivity index (χ4v) is 4.67. The molecule has 1 aliphatic heterocycles.